The zero-order chi connectivity index (χ0) is 20.8. The lowest BCUT2D eigenvalue weighted by molar-refractivity contribution is -0.145. The maximum absolute atomic E-state index is 12.6. The van der Waals surface area contributed by atoms with E-state index in [1.807, 2.05) is 29.2 Å². The first-order chi connectivity index (χ1) is 14.0. The summed E-state index contributed by atoms with van der Waals surface area (Å²) in [5.41, 5.74) is 1.83. The molecule has 1 amide bonds. The molecule has 0 bridgehead atoms. The Morgan fingerprint density at radius 2 is 1.77 bits per heavy atom. The van der Waals surface area contributed by atoms with E-state index in [-0.39, 0.29) is 47.7 Å². The molecule has 0 saturated carbocycles. The number of carbonyl (C=O) groups excluding carboxylic acids is 2. The number of nitrogens with one attached hydrogen (secondary N) is 1. The second kappa shape index (κ2) is 11.5. The smallest absolute Gasteiger partial charge is 0.310 e. The van der Waals surface area contributed by atoms with Crippen LogP contribution in [0.15, 0.2) is 29.3 Å². The number of hydrogen-bond acceptors (Lipinski definition) is 4. The number of nitrogens with zero attached hydrogens (tertiary/aromatic N) is 3. The van der Waals surface area contributed by atoms with E-state index in [0.29, 0.717) is 13.1 Å². The van der Waals surface area contributed by atoms with Gasteiger partial charge in [0.25, 0.3) is 5.91 Å². The number of likely N-dealkylation sites (tertiary alicyclic amines) is 2. The highest BCUT2D eigenvalue weighted by Crippen LogP contribution is 2.24. The number of carbonyl (C=O) groups is 2. The van der Waals surface area contributed by atoms with Crippen LogP contribution in [0.2, 0.25) is 0 Å². The van der Waals surface area contributed by atoms with Crippen LogP contribution in [-0.4, -0.2) is 68.0 Å². The average Bonchev–Trinajstić information content (AvgIpc) is 3.15. The maximum atomic E-state index is 12.6. The molecule has 0 spiro atoms. The quantitative estimate of drug-likeness (QED) is 0.282. The van der Waals surface area contributed by atoms with Gasteiger partial charge in [-0.05, 0) is 42.9 Å². The van der Waals surface area contributed by atoms with Crippen LogP contribution in [0.5, 0.6) is 0 Å². The lowest BCUT2D eigenvalue weighted by atomic mass is 9.99. The van der Waals surface area contributed by atoms with Crippen LogP contribution in [0, 0.1) is 11.8 Å². The third-order valence-electron chi connectivity index (χ3n) is 5.92. The Morgan fingerprint density at radius 1 is 1.10 bits per heavy atom. The van der Waals surface area contributed by atoms with Crippen LogP contribution in [-0.2, 0) is 16.1 Å². The van der Waals surface area contributed by atoms with E-state index < -0.39 is 0 Å². The molecule has 2 atom stereocenters. The maximum Gasteiger partial charge on any atom is 0.310 e. The molecule has 30 heavy (non-hydrogen) atoms. The van der Waals surface area contributed by atoms with E-state index in [0.717, 1.165) is 49.6 Å². The number of guanidine groups is 1. The lowest BCUT2D eigenvalue weighted by Crippen LogP contribution is -2.40. The van der Waals surface area contributed by atoms with Crippen LogP contribution in [0.4, 0.5) is 0 Å². The Kier molecular flexibility index (Phi) is 9.38. The summed E-state index contributed by atoms with van der Waals surface area (Å²) < 4.78 is 4.91. The molecule has 1 aromatic rings. The van der Waals surface area contributed by atoms with Gasteiger partial charge in [0.05, 0.1) is 13.0 Å². The largest absolute Gasteiger partial charge is 0.469 e. The second-order valence-electron chi connectivity index (χ2n) is 7.96. The molecule has 0 radical (unpaired) electrons. The molecule has 7 nitrogen and oxygen atoms in total. The standard InChI is InChI=1S/C22H32N4O3.HI/c1-16-14-26(15-19(16)21(28)29-3)22(23-2)24-13-17-7-9-18(10-8-17)20(27)25-11-5-4-6-12-25;/h7-10,16,19H,4-6,11-15H2,1-3H3,(H,23,24);1H. The first-order valence-electron chi connectivity index (χ1n) is 10.4. The van der Waals surface area contributed by atoms with Crippen molar-refractivity contribution in [3.8, 4) is 0 Å². The van der Waals surface area contributed by atoms with E-state index >= 15 is 0 Å². The Balaban J connectivity index is 0.00000320. The highest BCUT2D eigenvalue weighted by molar-refractivity contribution is 14.0. The molecular weight excluding hydrogens is 495 g/mol. The number of rotatable bonds is 4. The summed E-state index contributed by atoms with van der Waals surface area (Å²) in [7, 11) is 3.18. The summed E-state index contributed by atoms with van der Waals surface area (Å²) in [5, 5.41) is 3.37. The third-order valence-corrected chi connectivity index (χ3v) is 5.92. The minimum atomic E-state index is -0.163. The highest BCUT2D eigenvalue weighted by atomic mass is 127. The molecule has 2 unspecified atom stereocenters. The molecule has 3 rings (SSSR count). The molecule has 2 heterocycles. The monoisotopic (exact) mass is 528 g/mol. The summed E-state index contributed by atoms with van der Waals surface area (Å²) in [6.45, 7) is 5.77. The topological polar surface area (TPSA) is 74.2 Å². The zero-order valence-corrected chi connectivity index (χ0v) is 20.4. The van der Waals surface area contributed by atoms with E-state index in [1.165, 1.54) is 13.5 Å². The number of esters is 1. The fourth-order valence-electron chi connectivity index (χ4n) is 4.16. The van der Waals surface area contributed by atoms with E-state index in [1.54, 1.807) is 7.05 Å². The minimum absolute atomic E-state index is 0. The normalized spacial score (nSPS) is 21.8. The molecule has 2 aliphatic rings. The predicted molar refractivity (Wildman–Crippen MR) is 128 cm³/mol. The van der Waals surface area contributed by atoms with Gasteiger partial charge in [-0.25, -0.2) is 0 Å². The van der Waals surface area contributed by atoms with Gasteiger partial charge in [-0.1, -0.05) is 19.1 Å². The van der Waals surface area contributed by atoms with Crippen molar-refractivity contribution in [2.24, 2.45) is 16.8 Å². The van der Waals surface area contributed by atoms with Gasteiger partial charge in [0.15, 0.2) is 5.96 Å². The predicted octanol–water partition coefficient (Wildman–Crippen LogP) is 2.75. The molecule has 0 aromatic heterocycles. The summed E-state index contributed by atoms with van der Waals surface area (Å²) in [5.74, 6) is 0.834. The Morgan fingerprint density at radius 3 is 2.37 bits per heavy atom. The van der Waals surface area contributed by atoms with Crippen molar-refractivity contribution in [1.29, 1.82) is 0 Å². The van der Waals surface area contributed by atoms with E-state index in [4.69, 9.17) is 4.74 Å². The zero-order valence-electron chi connectivity index (χ0n) is 18.1. The molecule has 166 valence electrons. The number of amides is 1. The fourth-order valence-corrected chi connectivity index (χ4v) is 4.16. The second-order valence-corrected chi connectivity index (χ2v) is 7.96. The van der Waals surface area contributed by atoms with Crippen molar-refractivity contribution in [2.75, 3.05) is 40.3 Å². The number of hydrogen-bond donors (Lipinski definition) is 1. The third kappa shape index (κ3) is 5.86. The van der Waals surface area contributed by atoms with E-state index in [2.05, 4.69) is 22.1 Å². The first-order valence-corrected chi connectivity index (χ1v) is 10.4. The van der Waals surface area contributed by atoms with Gasteiger partial charge in [-0.15, -0.1) is 24.0 Å². The number of benzene rings is 1. The van der Waals surface area contributed by atoms with Gasteiger partial charge in [0.1, 0.15) is 0 Å². The van der Waals surface area contributed by atoms with Crippen molar-refractivity contribution in [1.82, 2.24) is 15.1 Å². The molecule has 1 aromatic carbocycles. The van der Waals surface area contributed by atoms with Crippen LogP contribution < -0.4 is 5.32 Å². The van der Waals surface area contributed by atoms with Crippen LogP contribution in [0.3, 0.4) is 0 Å². The van der Waals surface area contributed by atoms with Crippen molar-refractivity contribution >= 4 is 41.8 Å². The molecule has 2 aliphatic heterocycles. The molecule has 8 heteroatoms. The molecule has 2 saturated heterocycles. The summed E-state index contributed by atoms with van der Waals surface area (Å²) in [6.07, 6.45) is 3.41. The van der Waals surface area contributed by atoms with Crippen LogP contribution in [0.25, 0.3) is 0 Å². The molecule has 0 aliphatic carbocycles. The number of halogens is 1. The Hall–Kier alpha value is -1.84. The Labute approximate surface area is 196 Å². The molecular formula is C22H33IN4O3. The van der Waals surface area contributed by atoms with Gasteiger partial charge in [0, 0.05) is 45.3 Å². The van der Waals surface area contributed by atoms with Crippen LogP contribution >= 0.6 is 24.0 Å². The fraction of sp³-hybridized carbons (Fsp3) is 0.591. The molecule has 1 N–H and O–H groups in total. The number of ether oxygens (including phenoxy) is 1. The Bertz CT molecular complexity index is 747. The van der Waals surface area contributed by atoms with Crippen molar-refractivity contribution in [2.45, 2.75) is 32.7 Å². The van der Waals surface area contributed by atoms with Crippen molar-refractivity contribution < 1.29 is 14.3 Å². The summed E-state index contributed by atoms with van der Waals surface area (Å²) >= 11 is 0. The SMILES string of the molecule is CN=C(NCc1ccc(C(=O)N2CCCCC2)cc1)N1CC(C)C(C(=O)OC)C1.I. The number of aliphatic imine (C=N–C) groups is 1. The summed E-state index contributed by atoms with van der Waals surface area (Å²) in [6, 6.07) is 7.78. The van der Waals surface area contributed by atoms with Crippen molar-refractivity contribution in [3.05, 3.63) is 35.4 Å². The van der Waals surface area contributed by atoms with Gasteiger partial charge < -0.3 is 19.9 Å². The van der Waals surface area contributed by atoms with E-state index in [9.17, 15) is 9.59 Å². The number of methoxy groups -OCH3 is 1. The number of piperidine rings is 1. The van der Waals surface area contributed by atoms with Crippen LogP contribution in [0.1, 0.15) is 42.1 Å². The first kappa shape index (κ1) is 24.4. The van der Waals surface area contributed by atoms with Crippen molar-refractivity contribution in [3.63, 3.8) is 0 Å². The van der Waals surface area contributed by atoms with Gasteiger partial charge in [-0.2, -0.15) is 0 Å². The minimum Gasteiger partial charge on any atom is -0.469 e. The van der Waals surface area contributed by atoms with Gasteiger partial charge in [0.2, 0.25) is 0 Å². The lowest BCUT2D eigenvalue weighted by Gasteiger charge is -2.26. The van der Waals surface area contributed by atoms with Gasteiger partial charge in [-0.3, -0.25) is 14.6 Å². The highest BCUT2D eigenvalue weighted by Gasteiger charge is 2.36. The summed E-state index contributed by atoms with van der Waals surface area (Å²) in [4.78, 5) is 32.9. The van der Waals surface area contributed by atoms with Gasteiger partial charge >= 0.3 is 5.97 Å². The molecule has 2 fully saturated rings. The average molecular weight is 528 g/mol.